The number of rotatable bonds is 8. The molecule has 0 bridgehead atoms. The number of carbonyl (C=O) groups is 2. The maximum absolute atomic E-state index is 12.2. The summed E-state index contributed by atoms with van der Waals surface area (Å²) in [6.07, 6.45) is 8.50. The van der Waals surface area contributed by atoms with Crippen molar-refractivity contribution in [3.8, 4) is 5.75 Å². The van der Waals surface area contributed by atoms with Gasteiger partial charge in [0.15, 0.2) is 0 Å². The van der Waals surface area contributed by atoms with Gasteiger partial charge in [0.1, 0.15) is 5.75 Å². The Morgan fingerprint density at radius 3 is 2.85 bits per heavy atom. The molecule has 0 saturated heterocycles. The van der Waals surface area contributed by atoms with Crippen LogP contribution < -0.4 is 21.1 Å². The predicted octanol–water partition coefficient (Wildman–Crippen LogP) is 2.75. The topological polar surface area (TPSA) is 93.4 Å². The van der Waals surface area contributed by atoms with E-state index in [4.69, 9.17) is 10.5 Å². The van der Waals surface area contributed by atoms with Crippen LogP contribution in [0.4, 0.5) is 5.69 Å². The zero-order valence-electron chi connectivity index (χ0n) is 16.0. The summed E-state index contributed by atoms with van der Waals surface area (Å²) in [5.41, 5.74) is 7.85. The second kappa shape index (κ2) is 9.74. The Bertz CT molecular complexity index is 656. The van der Waals surface area contributed by atoms with E-state index in [-0.39, 0.29) is 17.9 Å². The first-order valence-corrected chi connectivity index (χ1v) is 10.2. The summed E-state index contributed by atoms with van der Waals surface area (Å²) in [5.74, 6) is 1.44. The van der Waals surface area contributed by atoms with Crippen LogP contribution in [0.1, 0.15) is 56.9 Å². The number of fused-ring (bicyclic) bond motifs is 1. The Morgan fingerprint density at radius 2 is 2.07 bits per heavy atom. The number of amides is 2. The van der Waals surface area contributed by atoms with Gasteiger partial charge in [0.25, 0.3) is 0 Å². The fourth-order valence-electron chi connectivity index (χ4n) is 4.06. The monoisotopic (exact) mass is 373 g/mol. The minimum Gasteiger partial charge on any atom is -0.494 e. The van der Waals surface area contributed by atoms with E-state index >= 15 is 0 Å². The van der Waals surface area contributed by atoms with Crippen molar-refractivity contribution in [2.24, 2.45) is 11.7 Å². The van der Waals surface area contributed by atoms with Gasteiger partial charge in [-0.3, -0.25) is 9.59 Å². The summed E-state index contributed by atoms with van der Waals surface area (Å²) in [5, 5.41) is 5.98. The zero-order chi connectivity index (χ0) is 19.1. The number of hydrogen-bond donors (Lipinski definition) is 3. The molecule has 1 aromatic rings. The molecule has 1 aromatic carbocycles. The molecule has 1 fully saturated rings. The molecule has 6 nitrogen and oxygen atoms in total. The molecule has 4 N–H and O–H groups in total. The predicted molar refractivity (Wildman–Crippen MR) is 106 cm³/mol. The van der Waals surface area contributed by atoms with Crippen LogP contribution in [0.25, 0.3) is 0 Å². The molecular weight excluding hydrogens is 342 g/mol. The molecule has 3 rings (SSSR count). The lowest BCUT2D eigenvalue weighted by molar-refractivity contribution is -0.122. The number of benzene rings is 1. The van der Waals surface area contributed by atoms with Gasteiger partial charge in [-0.2, -0.15) is 0 Å². The number of aryl methyl sites for hydroxylation is 1. The van der Waals surface area contributed by atoms with Gasteiger partial charge in [-0.1, -0.05) is 19.3 Å². The van der Waals surface area contributed by atoms with Crippen molar-refractivity contribution < 1.29 is 14.3 Å². The average Bonchev–Trinajstić information content (AvgIpc) is 2.70. The van der Waals surface area contributed by atoms with Gasteiger partial charge in [-0.25, -0.2) is 0 Å². The molecule has 1 aliphatic heterocycles. The van der Waals surface area contributed by atoms with Crippen LogP contribution in [0, 0.1) is 5.92 Å². The Kier molecular flexibility index (Phi) is 7.10. The van der Waals surface area contributed by atoms with E-state index in [1.807, 2.05) is 18.2 Å². The summed E-state index contributed by atoms with van der Waals surface area (Å²) in [6, 6.07) is 5.82. The van der Waals surface area contributed by atoms with Crippen molar-refractivity contribution >= 4 is 17.5 Å². The minimum atomic E-state index is 0.0613. The van der Waals surface area contributed by atoms with E-state index in [0.29, 0.717) is 38.3 Å². The molecule has 1 aliphatic carbocycles. The van der Waals surface area contributed by atoms with Crippen LogP contribution in [-0.4, -0.2) is 31.0 Å². The normalized spacial score (nSPS) is 18.3. The van der Waals surface area contributed by atoms with Crippen LogP contribution in [0.15, 0.2) is 18.2 Å². The first-order chi connectivity index (χ1) is 13.2. The number of nitrogens with one attached hydrogen (secondary N) is 2. The van der Waals surface area contributed by atoms with E-state index in [2.05, 4.69) is 10.6 Å². The van der Waals surface area contributed by atoms with Gasteiger partial charge in [-0.05, 0) is 55.4 Å². The fourth-order valence-corrected chi connectivity index (χ4v) is 4.06. The maximum Gasteiger partial charge on any atom is 0.224 e. The summed E-state index contributed by atoms with van der Waals surface area (Å²) in [4.78, 5) is 23.6. The molecular formula is C21H31N3O3. The van der Waals surface area contributed by atoms with Crippen molar-refractivity contribution in [1.82, 2.24) is 5.32 Å². The van der Waals surface area contributed by atoms with Crippen molar-refractivity contribution in [2.75, 3.05) is 18.5 Å². The van der Waals surface area contributed by atoms with E-state index in [0.717, 1.165) is 23.4 Å². The lowest BCUT2D eigenvalue weighted by Gasteiger charge is -2.30. The highest BCUT2D eigenvalue weighted by molar-refractivity contribution is 5.94. The molecule has 148 valence electrons. The standard InChI is InChI=1S/C21H31N3O3/c22-14-19(15-5-2-1-3-6-15)24-20(25)7-4-12-27-17-9-10-18-16(13-17)8-11-21(26)23-18/h9-10,13,15,19H,1-8,11-12,14,22H2,(H,23,26)(H,24,25). The van der Waals surface area contributed by atoms with Gasteiger partial charge in [0.2, 0.25) is 11.8 Å². The van der Waals surface area contributed by atoms with Gasteiger partial charge >= 0.3 is 0 Å². The Labute approximate surface area is 161 Å². The summed E-state index contributed by atoms with van der Waals surface area (Å²) >= 11 is 0. The van der Waals surface area contributed by atoms with Crippen molar-refractivity contribution in [3.05, 3.63) is 23.8 Å². The molecule has 1 atom stereocenters. The lowest BCUT2D eigenvalue weighted by Crippen LogP contribution is -2.45. The Balaban J connectivity index is 1.38. The van der Waals surface area contributed by atoms with Crippen LogP contribution in [0.2, 0.25) is 0 Å². The third-order valence-electron chi connectivity index (χ3n) is 5.61. The summed E-state index contributed by atoms with van der Waals surface area (Å²) in [6.45, 7) is 1.01. The number of hydrogen-bond acceptors (Lipinski definition) is 4. The maximum atomic E-state index is 12.2. The van der Waals surface area contributed by atoms with E-state index in [1.54, 1.807) is 0 Å². The second-order valence-electron chi connectivity index (χ2n) is 7.63. The second-order valence-corrected chi connectivity index (χ2v) is 7.63. The zero-order valence-corrected chi connectivity index (χ0v) is 16.0. The van der Waals surface area contributed by atoms with Crippen molar-refractivity contribution in [3.63, 3.8) is 0 Å². The van der Waals surface area contributed by atoms with Crippen LogP contribution >= 0.6 is 0 Å². The van der Waals surface area contributed by atoms with E-state index < -0.39 is 0 Å². The number of nitrogens with two attached hydrogens (primary N) is 1. The van der Waals surface area contributed by atoms with E-state index in [9.17, 15) is 9.59 Å². The molecule has 27 heavy (non-hydrogen) atoms. The van der Waals surface area contributed by atoms with Crippen LogP contribution in [0.5, 0.6) is 5.75 Å². The quantitative estimate of drug-likeness (QED) is 0.611. The minimum absolute atomic E-state index is 0.0613. The molecule has 6 heteroatoms. The third kappa shape index (κ3) is 5.70. The highest BCUT2D eigenvalue weighted by atomic mass is 16.5. The van der Waals surface area contributed by atoms with Crippen molar-refractivity contribution in [2.45, 2.75) is 63.8 Å². The van der Waals surface area contributed by atoms with E-state index in [1.165, 1.54) is 32.1 Å². The van der Waals surface area contributed by atoms with Crippen LogP contribution in [-0.2, 0) is 16.0 Å². The largest absolute Gasteiger partial charge is 0.494 e. The first kappa shape index (κ1) is 19.7. The first-order valence-electron chi connectivity index (χ1n) is 10.2. The van der Waals surface area contributed by atoms with Crippen molar-refractivity contribution in [1.29, 1.82) is 0 Å². The average molecular weight is 373 g/mol. The smallest absolute Gasteiger partial charge is 0.224 e. The SMILES string of the molecule is NCC(NC(=O)CCCOc1ccc2c(c1)CCC(=O)N2)C1CCCCC1. The lowest BCUT2D eigenvalue weighted by atomic mass is 9.84. The number of ether oxygens (including phenoxy) is 1. The molecule has 0 aromatic heterocycles. The molecule has 2 amide bonds. The molecule has 1 heterocycles. The Morgan fingerprint density at radius 1 is 1.26 bits per heavy atom. The molecule has 1 unspecified atom stereocenters. The molecule has 1 saturated carbocycles. The van der Waals surface area contributed by atoms with Gasteiger partial charge in [-0.15, -0.1) is 0 Å². The van der Waals surface area contributed by atoms with Gasteiger partial charge in [0, 0.05) is 31.1 Å². The number of anilines is 1. The number of carbonyl (C=O) groups excluding carboxylic acids is 2. The molecule has 2 aliphatic rings. The fraction of sp³-hybridized carbons (Fsp3) is 0.619. The highest BCUT2D eigenvalue weighted by Gasteiger charge is 2.23. The highest BCUT2D eigenvalue weighted by Crippen LogP contribution is 2.27. The summed E-state index contributed by atoms with van der Waals surface area (Å²) in [7, 11) is 0. The van der Waals surface area contributed by atoms with Gasteiger partial charge in [0.05, 0.1) is 6.61 Å². The molecule has 0 radical (unpaired) electrons. The Hall–Kier alpha value is -2.08. The van der Waals surface area contributed by atoms with Gasteiger partial charge < -0.3 is 21.1 Å². The third-order valence-corrected chi connectivity index (χ3v) is 5.61. The summed E-state index contributed by atoms with van der Waals surface area (Å²) < 4.78 is 5.78. The molecule has 0 spiro atoms. The van der Waals surface area contributed by atoms with Crippen LogP contribution in [0.3, 0.4) is 0 Å².